The Morgan fingerprint density at radius 2 is 1.71 bits per heavy atom. The van der Waals surface area contributed by atoms with Gasteiger partial charge in [0.1, 0.15) is 0 Å². The van der Waals surface area contributed by atoms with E-state index in [1.165, 1.54) is 7.11 Å². The van der Waals surface area contributed by atoms with Crippen LogP contribution in [0.1, 0.15) is 21.5 Å². The largest absolute Gasteiger partial charge is 0.465 e. The van der Waals surface area contributed by atoms with E-state index in [1.807, 2.05) is 0 Å². The Labute approximate surface area is 82.9 Å². The van der Waals surface area contributed by atoms with Crippen LogP contribution in [0, 0.1) is 24.7 Å². The Hall–Kier alpha value is -2.19. The lowest BCUT2D eigenvalue weighted by Crippen LogP contribution is -2.02. The molecule has 0 N–H and O–H groups in total. The van der Waals surface area contributed by atoms with Gasteiger partial charge in [0.05, 0.1) is 12.7 Å². The van der Waals surface area contributed by atoms with Crippen LogP contribution in [0.25, 0.3) is 0 Å². The molecule has 2 heteroatoms. The maximum absolute atomic E-state index is 11.2. The average molecular weight is 184 g/mol. The number of carbonyl (C=O) groups excluding carboxylic acids is 1. The van der Waals surface area contributed by atoms with Gasteiger partial charge in [-0.3, -0.25) is 0 Å². The smallest absolute Gasteiger partial charge is 0.337 e. The number of esters is 1. The van der Waals surface area contributed by atoms with Crippen molar-refractivity contribution in [2.75, 3.05) is 7.11 Å². The lowest BCUT2D eigenvalue weighted by Gasteiger charge is -2.01. The zero-order chi connectivity index (χ0) is 10.6. The third-order valence-corrected chi connectivity index (χ3v) is 1.69. The van der Waals surface area contributed by atoms with Crippen LogP contribution in [0.15, 0.2) is 18.2 Å². The highest BCUT2D eigenvalue weighted by molar-refractivity contribution is 5.90. The fourth-order valence-corrected chi connectivity index (χ4v) is 1.03. The molecule has 1 rings (SSSR count). The summed E-state index contributed by atoms with van der Waals surface area (Å²) < 4.78 is 4.56. The minimum atomic E-state index is -0.446. The average Bonchev–Trinajstić information content (AvgIpc) is 2.27. The highest BCUT2D eigenvalue weighted by Gasteiger charge is 2.06. The number of rotatable bonds is 1. The summed E-state index contributed by atoms with van der Waals surface area (Å²) in [4.78, 5) is 11.2. The lowest BCUT2D eigenvalue weighted by molar-refractivity contribution is 0.0600. The van der Waals surface area contributed by atoms with E-state index in [0.29, 0.717) is 16.7 Å². The van der Waals surface area contributed by atoms with Gasteiger partial charge in [-0.15, -0.1) is 12.8 Å². The number of carbonyl (C=O) groups is 1. The topological polar surface area (TPSA) is 26.3 Å². The van der Waals surface area contributed by atoms with Crippen molar-refractivity contribution in [3.05, 3.63) is 34.9 Å². The summed E-state index contributed by atoms with van der Waals surface area (Å²) >= 11 is 0. The van der Waals surface area contributed by atoms with Gasteiger partial charge in [-0.1, -0.05) is 11.8 Å². The maximum atomic E-state index is 11.2. The zero-order valence-corrected chi connectivity index (χ0v) is 7.70. The first kappa shape index (κ1) is 9.89. The first-order valence-electron chi connectivity index (χ1n) is 3.88. The van der Waals surface area contributed by atoms with E-state index in [4.69, 9.17) is 12.8 Å². The fraction of sp³-hybridized carbons (Fsp3) is 0.0833. The quantitative estimate of drug-likeness (QED) is 0.487. The van der Waals surface area contributed by atoms with Crippen LogP contribution in [-0.2, 0) is 4.74 Å². The van der Waals surface area contributed by atoms with Gasteiger partial charge in [0.25, 0.3) is 0 Å². The monoisotopic (exact) mass is 184 g/mol. The van der Waals surface area contributed by atoms with Crippen molar-refractivity contribution in [1.29, 1.82) is 0 Å². The van der Waals surface area contributed by atoms with E-state index in [0.717, 1.165) is 0 Å². The first-order valence-corrected chi connectivity index (χ1v) is 3.88. The maximum Gasteiger partial charge on any atom is 0.337 e. The molecule has 0 atom stereocenters. The molecule has 0 fully saturated rings. The van der Waals surface area contributed by atoms with Crippen LogP contribution in [0.5, 0.6) is 0 Å². The van der Waals surface area contributed by atoms with Crippen LogP contribution >= 0.6 is 0 Å². The van der Waals surface area contributed by atoms with E-state index in [-0.39, 0.29) is 0 Å². The molecule has 0 radical (unpaired) electrons. The first-order chi connectivity index (χ1) is 6.71. The molecule has 1 aromatic carbocycles. The summed E-state index contributed by atoms with van der Waals surface area (Å²) in [5.41, 5.74) is 1.51. The van der Waals surface area contributed by atoms with Gasteiger partial charge in [0.15, 0.2) is 0 Å². The molecule has 0 bridgehead atoms. The Bertz CT molecular complexity index is 412. The van der Waals surface area contributed by atoms with Crippen molar-refractivity contribution < 1.29 is 9.53 Å². The van der Waals surface area contributed by atoms with Crippen molar-refractivity contribution in [2.45, 2.75) is 0 Å². The van der Waals surface area contributed by atoms with Gasteiger partial charge in [-0.2, -0.15) is 0 Å². The Kier molecular flexibility index (Phi) is 2.94. The lowest BCUT2D eigenvalue weighted by atomic mass is 10.1. The molecule has 0 saturated heterocycles. The van der Waals surface area contributed by atoms with Crippen molar-refractivity contribution >= 4 is 5.97 Å². The number of methoxy groups -OCH3 is 1. The second-order valence-corrected chi connectivity index (χ2v) is 2.58. The van der Waals surface area contributed by atoms with E-state index >= 15 is 0 Å². The predicted molar refractivity (Wildman–Crippen MR) is 53.7 cm³/mol. The molecule has 2 nitrogen and oxygen atoms in total. The van der Waals surface area contributed by atoms with Gasteiger partial charge in [-0.05, 0) is 18.2 Å². The minimum Gasteiger partial charge on any atom is -0.465 e. The van der Waals surface area contributed by atoms with Crippen molar-refractivity contribution in [3.8, 4) is 24.7 Å². The zero-order valence-electron chi connectivity index (χ0n) is 7.70. The summed E-state index contributed by atoms with van der Waals surface area (Å²) in [6.07, 6.45) is 10.4. The van der Waals surface area contributed by atoms with E-state index in [2.05, 4.69) is 16.6 Å². The van der Waals surface area contributed by atoms with Gasteiger partial charge in [0, 0.05) is 11.1 Å². The Balaban J connectivity index is 3.27. The molecule has 0 heterocycles. The Morgan fingerprint density at radius 3 is 2.07 bits per heavy atom. The highest BCUT2D eigenvalue weighted by atomic mass is 16.5. The molecule has 0 amide bonds. The SMILES string of the molecule is C#Cc1cc(C#C)cc(C(=O)OC)c1. The highest BCUT2D eigenvalue weighted by Crippen LogP contribution is 2.09. The molecule has 68 valence electrons. The van der Waals surface area contributed by atoms with Gasteiger partial charge in [-0.25, -0.2) is 4.79 Å². The second kappa shape index (κ2) is 4.16. The number of ether oxygens (including phenoxy) is 1. The summed E-state index contributed by atoms with van der Waals surface area (Å²) in [7, 11) is 1.31. The van der Waals surface area contributed by atoms with Crippen LogP contribution in [0.2, 0.25) is 0 Å². The van der Waals surface area contributed by atoms with Gasteiger partial charge < -0.3 is 4.74 Å². The molecule has 14 heavy (non-hydrogen) atoms. The minimum absolute atomic E-state index is 0.371. The molecule has 0 spiro atoms. The van der Waals surface area contributed by atoms with Crippen molar-refractivity contribution in [2.24, 2.45) is 0 Å². The molecule has 0 aromatic heterocycles. The van der Waals surface area contributed by atoms with E-state index in [1.54, 1.807) is 18.2 Å². The summed E-state index contributed by atoms with van der Waals surface area (Å²) in [5.74, 6) is 4.39. The summed E-state index contributed by atoms with van der Waals surface area (Å²) in [6.45, 7) is 0. The molecule has 0 aliphatic heterocycles. The van der Waals surface area contributed by atoms with Crippen LogP contribution < -0.4 is 0 Å². The summed E-state index contributed by atoms with van der Waals surface area (Å²) in [6, 6.07) is 4.78. The molecule has 0 aliphatic carbocycles. The predicted octanol–water partition coefficient (Wildman–Crippen LogP) is 1.44. The number of hydrogen-bond acceptors (Lipinski definition) is 2. The molecule has 0 saturated carbocycles. The number of terminal acetylenes is 2. The third kappa shape index (κ3) is 1.94. The van der Waals surface area contributed by atoms with Gasteiger partial charge >= 0.3 is 5.97 Å². The van der Waals surface area contributed by atoms with Gasteiger partial charge in [0.2, 0.25) is 0 Å². The van der Waals surface area contributed by atoms with Crippen molar-refractivity contribution in [3.63, 3.8) is 0 Å². The van der Waals surface area contributed by atoms with Crippen LogP contribution in [-0.4, -0.2) is 13.1 Å². The molecule has 0 aliphatic rings. The summed E-state index contributed by atoms with van der Waals surface area (Å²) in [5, 5.41) is 0. The van der Waals surface area contributed by atoms with Crippen LogP contribution in [0.3, 0.4) is 0 Å². The second-order valence-electron chi connectivity index (χ2n) is 2.58. The standard InChI is InChI=1S/C12H8O2/c1-4-9-6-10(5-2)8-11(7-9)12(13)14-3/h1-2,6-8H,3H3. The Morgan fingerprint density at radius 1 is 1.21 bits per heavy atom. The molecule has 0 unspecified atom stereocenters. The normalized spacial score (nSPS) is 8.50. The fourth-order valence-electron chi connectivity index (χ4n) is 1.03. The van der Waals surface area contributed by atoms with E-state index in [9.17, 15) is 4.79 Å². The van der Waals surface area contributed by atoms with E-state index < -0.39 is 5.97 Å². The molecular formula is C12H8O2. The number of hydrogen-bond donors (Lipinski definition) is 0. The molecular weight excluding hydrogens is 176 g/mol. The van der Waals surface area contributed by atoms with Crippen molar-refractivity contribution in [1.82, 2.24) is 0 Å². The van der Waals surface area contributed by atoms with Crippen LogP contribution in [0.4, 0.5) is 0 Å². The number of benzene rings is 1. The third-order valence-electron chi connectivity index (χ3n) is 1.69. The molecule has 1 aromatic rings.